The SMILES string of the molecule is CN(C)CCCN(CCCN(C)C)S(=O)(=O)c1cc(F)ccc1F. The van der Waals surface area contributed by atoms with Gasteiger partial charge in [0.1, 0.15) is 16.5 Å². The lowest BCUT2D eigenvalue weighted by atomic mass is 10.3. The summed E-state index contributed by atoms with van der Waals surface area (Å²) in [5.41, 5.74) is 0. The quantitative estimate of drug-likeness (QED) is 0.636. The summed E-state index contributed by atoms with van der Waals surface area (Å²) in [5.74, 6) is -1.70. The van der Waals surface area contributed by atoms with Gasteiger partial charge in [0.15, 0.2) is 0 Å². The molecule has 8 heteroatoms. The van der Waals surface area contributed by atoms with E-state index in [9.17, 15) is 17.2 Å². The van der Waals surface area contributed by atoms with E-state index in [1.54, 1.807) is 0 Å². The van der Waals surface area contributed by atoms with Gasteiger partial charge in [0.25, 0.3) is 0 Å². The molecule has 0 bridgehead atoms. The van der Waals surface area contributed by atoms with Crippen molar-refractivity contribution >= 4 is 10.0 Å². The molecule has 0 aliphatic heterocycles. The van der Waals surface area contributed by atoms with E-state index in [1.807, 2.05) is 38.0 Å². The average Bonchev–Trinajstić information content (AvgIpc) is 2.47. The summed E-state index contributed by atoms with van der Waals surface area (Å²) in [6, 6.07) is 2.51. The zero-order valence-corrected chi connectivity index (χ0v) is 15.6. The Bertz CT molecular complexity index is 608. The molecule has 0 aromatic heterocycles. The van der Waals surface area contributed by atoms with Crippen molar-refractivity contribution in [2.24, 2.45) is 0 Å². The van der Waals surface area contributed by atoms with Crippen LogP contribution in [0.4, 0.5) is 8.78 Å². The summed E-state index contributed by atoms with van der Waals surface area (Å²) >= 11 is 0. The van der Waals surface area contributed by atoms with Gasteiger partial charge in [-0.1, -0.05) is 0 Å². The Hall–Kier alpha value is -1.09. The Morgan fingerprint density at radius 2 is 1.38 bits per heavy atom. The molecule has 0 unspecified atom stereocenters. The fraction of sp³-hybridized carbons (Fsp3) is 0.625. The Morgan fingerprint density at radius 1 is 0.875 bits per heavy atom. The van der Waals surface area contributed by atoms with Gasteiger partial charge in [-0.15, -0.1) is 0 Å². The highest BCUT2D eigenvalue weighted by Gasteiger charge is 2.27. The molecule has 0 N–H and O–H groups in total. The maximum Gasteiger partial charge on any atom is 0.246 e. The van der Waals surface area contributed by atoms with Crippen LogP contribution in [0.1, 0.15) is 12.8 Å². The number of hydrogen-bond acceptors (Lipinski definition) is 4. The molecular weight excluding hydrogens is 336 g/mol. The van der Waals surface area contributed by atoms with Crippen LogP contribution in [0, 0.1) is 11.6 Å². The van der Waals surface area contributed by atoms with Crippen LogP contribution >= 0.6 is 0 Å². The normalized spacial score (nSPS) is 12.5. The average molecular weight is 363 g/mol. The minimum Gasteiger partial charge on any atom is -0.309 e. The molecule has 0 aliphatic rings. The van der Waals surface area contributed by atoms with Crippen molar-refractivity contribution in [1.29, 1.82) is 0 Å². The van der Waals surface area contributed by atoms with E-state index < -0.39 is 26.6 Å². The van der Waals surface area contributed by atoms with Crippen molar-refractivity contribution in [3.63, 3.8) is 0 Å². The van der Waals surface area contributed by atoms with Crippen molar-refractivity contribution in [2.45, 2.75) is 17.7 Å². The van der Waals surface area contributed by atoms with Crippen LogP contribution in [-0.4, -0.2) is 76.9 Å². The molecule has 138 valence electrons. The van der Waals surface area contributed by atoms with Crippen molar-refractivity contribution in [1.82, 2.24) is 14.1 Å². The monoisotopic (exact) mass is 363 g/mol. The van der Waals surface area contributed by atoms with Crippen LogP contribution in [0.5, 0.6) is 0 Å². The summed E-state index contributed by atoms with van der Waals surface area (Å²) in [7, 11) is 3.53. The molecule has 0 spiro atoms. The van der Waals surface area contributed by atoms with Gasteiger partial charge in [0, 0.05) is 13.1 Å². The van der Waals surface area contributed by atoms with E-state index in [0.29, 0.717) is 25.9 Å². The molecule has 0 atom stereocenters. The first-order valence-electron chi connectivity index (χ1n) is 7.89. The first kappa shape index (κ1) is 21.0. The third-order valence-electron chi connectivity index (χ3n) is 3.54. The topological polar surface area (TPSA) is 43.9 Å². The summed E-state index contributed by atoms with van der Waals surface area (Å²) in [6.07, 6.45) is 1.23. The number of hydrogen-bond donors (Lipinski definition) is 0. The number of halogens is 2. The van der Waals surface area contributed by atoms with Crippen molar-refractivity contribution in [3.05, 3.63) is 29.8 Å². The van der Waals surface area contributed by atoms with Crippen LogP contribution in [0.3, 0.4) is 0 Å². The van der Waals surface area contributed by atoms with Crippen molar-refractivity contribution in [2.75, 3.05) is 54.4 Å². The number of nitrogens with zero attached hydrogens (tertiary/aromatic N) is 3. The highest BCUT2D eigenvalue weighted by Crippen LogP contribution is 2.21. The summed E-state index contributed by atoms with van der Waals surface area (Å²) < 4.78 is 54.1. The third-order valence-corrected chi connectivity index (χ3v) is 5.45. The molecule has 0 heterocycles. The molecule has 0 fully saturated rings. The first-order chi connectivity index (χ1) is 11.1. The number of benzene rings is 1. The Balaban J connectivity index is 2.98. The second-order valence-corrected chi connectivity index (χ2v) is 8.20. The van der Waals surface area contributed by atoms with Crippen LogP contribution in [0.15, 0.2) is 23.1 Å². The fourth-order valence-corrected chi connectivity index (χ4v) is 3.89. The van der Waals surface area contributed by atoms with Gasteiger partial charge >= 0.3 is 0 Å². The highest BCUT2D eigenvalue weighted by atomic mass is 32.2. The Morgan fingerprint density at radius 3 is 1.83 bits per heavy atom. The summed E-state index contributed by atoms with van der Waals surface area (Å²) in [5, 5.41) is 0. The fourth-order valence-electron chi connectivity index (χ4n) is 2.29. The van der Waals surface area contributed by atoms with Gasteiger partial charge in [0.2, 0.25) is 10.0 Å². The maximum absolute atomic E-state index is 13.9. The summed E-state index contributed by atoms with van der Waals surface area (Å²) in [6.45, 7) is 1.96. The summed E-state index contributed by atoms with van der Waals surface area (Å²) in [4.78, 5) is 3.30. The molecule has 24 heavy (non-hydrogen) atoms. The molecule has 1 aromatic carbocycles. The van der Waals surface area contributed by atoms with Gasteiger partial charge < -0.3 is 9.80 Å². The third kappa shape index (κ3) is 6.43. The zero-order valence-electron chi connectivity index (χ0n) is 14.8. The van der Waals surface area contributed by atoms with E-state index in [0.717, 1.165) is 18.2 Å². The Labute approximate surface area is 143 Å². The van der Waals surface area contributed by atoms with Gasteiger partial charge in [-0.25, -0.2) is 17.2 Å². The van der Waals surface area contributed by atoms with Gasteiger partial charge in [0.05, 0.1) is 0 Å². The van der Waals surface area contributed by atoms with Crippen LogP contribution in [0.25, 0.3) is 0 Å². The van der Waals surface area contributed by atoms with Crippen LogP contribution in [0.2, 0.25) is 0 Å². The Kier molecular flexibility index (Phi) is 8.21. The van der Waals surface area contributed by atoms with Crippen LogP contribution in [-0.2, 0) is 10.0 Å². The highest BCUT2D eigenvalue weighted by molar-refractivity contribution is 7.89. The lowest BCUT2D eigenvalue weighted by molar-refractivity contribution is 0.325. The van der Waals surface area contributed by atoms with Gasteiger partial charge in [-0.05, 0) is 72.3 Å². The van der Waals surface area contributed by atoms with Gasteiger partial charge in [-0.3, -0.25) is 0 Å². The maximum atomic E-state index is 13.9. The second kappa shape index (κ2) is 9.41. The van der Waals surface area contributed by atoms with Gasteiger partial charge in [-0.2, -0.15) is 4.31 Å². The molecule has 0 aliphatic carbocycles. The minimum absolute atomic E-state index is 0.268. The molecule has 0 saturated heterocycles. The lowest BCUT2D eigenvalue weighted by Gasteiger charge is -2.24. The predicted molar refractivity (Wildman–Crippen MR) is 91.5 cm³/mol. The van der Waals surface area contributed by atoms with E-state index in [-0.39, 0.29) is 13.1 Å². The largest absolute Gasteiger partial charge is 0.309 e. The van der Waals surface area contributed by atoms with E-state index in [1.165, 1.54) is 4.31 Å². The number of sulfonamides is 1. The first-order valence-corrected chi connectivity index (χ1v) is 9.33. The number of rotatable bonds is 10. The van der Waals surface area contributed by atoms with Crippen LogP contribution < -0.4 is 0 Å². The lowest BCUT2D eigenvalue weighted by Crippen LogP contribution is -2.36. The molecule has 1 aromatic rings. The molecular formula is C16H27F2N3O2S. The van der Waals surface area contributed by atoms with Crippen molar-refractivity contribution in [3.8, 4) is 0 Å². The minimum atomic E-state index is -4.07. The second-order valence-electron chi connectivity index (χ2n) is 6.29. The molecule has 5 nitrogen and oxygen atoms in total. The van der Waals surface area contributed by atoms with E-state index >= 15 is 0 Å². The standard InChI is InChI=1S/C16H27F2N3O2S/c1-19(2)9-5-11-21(12-6-10-20(3)4)24(22,23)16-13-14(17)7-8-15(16)18/h7-8,13H,5-6,9-12H2,1-4H3. The van der Waals surface area contributed by atoms with E-state index in [2.05, 4.69) is 0 Å². The molecule has 1 rings (SSSR count). The molecule has 0 saturated carbocycles. The zero-order chi connectivity index (χ0) is 18.3. The predicted octanol–water partition coefficient (Wildman–Crippen LogP) is 1.86. The smallest absolute Gasteiger partial charge is 0.246 e. The molecule has 0 radical (unpaired) electrons. The van der Waals surface area contributed by atoms with E-state index in [4.69, 9.17) is 0 Å². The molecule has 0 amide bonds. The van der Waals surface area contributed by atoms with Crippen molar-refractivity contribution < 1.29 is 17.2 Å².